The molecule has 10 heteroatoms. The van der Waals surface area contributed by atoms with Gasteiger partial charge in [-0.05, 0) is 18.2 Å². The maximum atomic E-state index is 13.0. The molecule has 2 aromatic carbocycles. The second kappa shape index (κ2) is 7.83. The molecule has 0 unspecified atom stereocenters. The smallest absolute Gasteiger partial charge is 0.326 e. The largest absolute Gasteiger partial charge is 0.495 e. The van der Waals surface area contributed by atoms with Crippen molar-refractivity contribution in [3.8, 4) is 5.75 Å². The minimum absolute atomic E-state index is 0.0546. The van der Waals surface area contributed by atoms with Gasteiger partial charge in [-0.1, -0.05) is 18.2 Å². The highest BCUT2D eigenvalue weighted by Crippen LogP contribution is 2.35. The summed E-state index contributed by atoms with van der Waals surface area (Å²) in [5.74, 6) is -0.780. The number of carbonyl (C=O) groups excluding carboxylic acids is 1. The number of methoxy groups -OCH3 is 2. The minimum Gasteiger partial charge on any atom is -0.495 e. The molecule has 0 aliphatic heterocycles. The second-order valence-electron chi connectivity index (χ2n) is 5.01. The van der Waals surface area contributed by atoms with Crippen LogP contribution in [-0.2, 0) is 19.6 Å². The summed E-state index contributed by atoms with van der Waals surface area (Å²) in [5.41, 5.74) is -0.491. The summed E-state index contributed by atoms with van der Waals surface area (Å²) in [6.07, 6.45) is 0. The number of rotatable bonds is 7. The fourth-order valence-corrected chi connectivity index (χ4v) is 3.62. The molecule has 9 nitrogen and oxygen atoms in total. The number of non-ortho nitro benzene ring substituents is 1. The maximum Gasteiger partial charge on any atom is 0.326 e. The Kier molecular flexibility index (Phi) is 5.78. The first-order valence-corrected chi connectivity index (χ1v) is 8.72. The van der Waals surface area contributed by atoms with Gasteiger partial charge in [0.25, 0.3) is 15.7 Å². The average molecular weight is 380 g/mol. The van der Waals surface area contributed by atoms with Gasteiger partial charge < -0.3 is 9.47 Å². The van der Waals surface area contributed by atoms with Crippen LogP contribution in [0.15, 0.2) is 53.4 Å². The van der Waals surface area contributed by atoms with E-state index >= 15 is 0 Å². The highest BCUT2D eigenvalue weighted by molar-refractivity contribution is 7.92. The number of sulfonamides is 1. The van der Waals surface area contributed by atoms with E-state index in [4.69, 9.17) is 4.74 Å². The minimum atomic E-state index is -4.20. The Morgan fingerprint density at radius 2 is 1.81 bits per heavy atom. The molecule has 138 valence electrons. The van der Waals surface area contributed by atoms with Gasteiger partial charge >= 0.3 is 5.97 Å². The molecule has 0 spiro atoms. The number of nitro benzene ring substituents is 1. The van der Waals surface area contributed by atoms with Crippen LogP contribution in [0.2, 0.25) is 0 Å². The summed E-state index contributed by atoms with van der Waals surface area (Å²) in [6, 6.07) is 10.8. The predicted molar refractivity (Wildman–Crippen MR) is 92.6 cm³/mol. The lowest BCUT2D eigenvalue weighted by Gasteiger charge is -2.24. The van der Waals surface area contributed by atoms with Crippen molar-refractivity contribution in [1.82, 2.24) is 0 Å². The molecular formula is C16H16N2O7S. The Labute approximate surface area is 150 Å². The van der Waals surface area contributed by atoms with Crippen LogP contribution in [0.5, 0.6) is 5.75 Å². The molecule has 0 aliphatic carbocycles. The predicted octanol–water partition coefficient (Wildman–Crippen LogP) is 1.97. The second-order valence-corrected chi connectivity index (χ2v) is 6.88. The van der Waals surface area contributed by atoms with E-state index in [1.165, 1.54) is 43.5 Å². The van der Waals surface area contributed by atoms with Crippen molar-refractivity contribution < 1.29 is 27.6 Å². The molecule has 0 saturated heterocycles. The van der Waals surface area contributed by atoms with Gasteiger partial charge in [0.1, 0.15) is 18.0 Å². The molecule has 0 radical (unpaired) electrons. The summed E-state index contributed by atoms with van der Waals surface area (Å²) >= 11 is 0. The van der Waals surface area contributed by atoms with Gasteiger partial charge in [0.2, 0.25) is 0 Å². The molecule has 0 saturated carbocycles. The topological polar surface area (TPSA) is 116 Å². The molecule has 0 atom stereocenters. The number of esters is 1. The lowest BCUT2D eigenvalue weighted by molar-refractivity contribution is -0.384. The molecular weight excluding hydrogens is 364 g/mol. The number of nitrogens with zero attached hydrogens (tertiary/aromatic N) is 2. The average Bonchev–Trinajstić information content (AvgIpc) is 2.65. The summed E-state index contributed by atoms with van der Waals surface area (Å²) in [6.45, 7) is -0.675. The van der Waals surface area contributed by atoms with E-state index in [1.807, 2.05) is 0 Å². The van der Waals surface area contributed by atoms with Gasteiger partial charge in [-0.25, -0.2) is 8.42 Å². The van der Waals surface area contributed by atoms with Gasteiger partial charge in [-0.3, -0.25) is 19.2 Å². The zero-order valence-electron chi connectivity index (χ0n) is 14.0. The summed E-state index contributed by atoms with van der Waals surface area (Å²) in [7, 11) is -1.81. The molecule has 0 bridgehead atoms. The van der Waals surface area contributed by atoms with Gasteiger partial charge in [-0.15, -0.1) is 0 Å². The fraction of sp³-hybridized carbons (Fsp3) is 0.188. The van der Waals surface area contributed by atoms with E-state index < -0.39 is 27.5 Å². The standard InChI is InChI=1S/C16H16N2O7S/c1-24-15-9-8-12(18(20)21)10-14(15)17(11-16(19)25-2)26(22,23)13-6-4-3-5-7-13/h3-10H,11H2,1-2H3. The third kappa shape index (κ3) is 3.91. The van der Waals surface area contributed by atoms with Crippen LogP contribution in [0.25, 0.3) is 0 Å². The molecule has 2 rings (SSSR count). The van der Waals surface area contributed by atoms with Crippen LogP contribution in [-0.4, -0.2) is 40.1 Å². The van der Waals surface area contributed by atoms with E-state index in [9.17, 15) is 23.3 Å². The quantitative estimate of drug-likeness (QED) is 0.409. The zero-order valence-corrected chi connectivity index (χ0v) is 14.8. The van der Waals surface area contributed by atoms with Crippen molar-refractivity contribution in [2.45, 2.75) is 4.90 Å². The fourth-order valence-electron chi connectivity index (χ4n) is 2.19. The normalized spacial score (nSPS) is 10.8. The van der Waals surface area contributed by atoms with Crippen LogP contribution < -0.4 is 9.04 Å². The van der Waals surface area contributed by atoms with Crippen molar-refractivity contribution in [2.24, 2.45) is 0 Å². The Hall–Kier alpha value is -3.14. The van der Waals surface area contributed by atoms with E-state index in [2.05, 4.69) is 4.74 Å². The highest BCUT2D eigenvalue weighted by Gasteiger charge is 2.31. The number of hydrogen-bond acceptors (Lipinski definition) is 7. The van der Waals surface area contributed by atoms with Gasteiger partial charge in [0, 0.05) is 12.1 Å². The van der Waals surface area contributed by atoms with E-state index in [1.54, 1.807) is 6.07 Å². The Bertz CT molecular complexity index is 913. The lowest BCUT2D eigenvalue weighted by atomic mass is 10.2. The van der Waals surface area contributed by atoms with Crippen molar-refractivity contribution in [3.05, 3.63) is 58.6 Å². The zero-order chi connectivity index (χ0) is 19.3. The van der Waals surface area contributed by atoms with Crippen LogP contribution >= 0.6 is 0 Å². The number of benzene rings is 2. The molecule has 0 aromatic heterocycles. The van der Waals surface area contributed by atoms with Crippen LogP contribution in [0, 0.1) is 10.1 Å². The molecule has 0 N–H and O–H groups in total. The number of hydrogen-bond donors (Lipinski definition) is 0. The summed E-state index contributed by atoms with van der Waals surface area (Å²) < 4.78 is 36.5. The first-order chi connectivity index (χ1) is 12.3. The Balaban J connectivity index is 2.68. The highest BCUT2D eigenvalue weighted by atomic mass is 32.2. The third-order valence-electron chi connectivity index (χ3n) is 3.47. The van der Waals surface area contributed by atoms with E-state index in [-0.39, 0.29) is 22.0 Å². The maximum absolute atomic E-state index is 13.0. The molecule has 0 heterocycles. The molecule has 26 heavy (non-hydrogen) atoms. The van der Waals surface area contributed by atoms with Gasteiger partial charge in [0.15, 0.2) is 0 Å². The SMILES string of the molecule is COC(=O)CN(c1cc([N+](=O)[O-])ccc1OC)S(=O)(=O)c1ccccc1. The van der Waals surface area contributed by atoms with Crippen LogP contribution in [0.4, 0.5) is 11.4 Å². The Morgan fingerprint density at radius 3 is 2.35 bits per heavy atom. The lowest BCUT2D eigenvalue weighted by Crippen LogP contribution is -2.36. The van der Waals surface area contributed by atoms with E-state index in [0.29, 0.717) is 0 Å². The first kappa shape index (κ1) is 19.2. The molecule has 0 aliphatic rings. The number of carbonyl (C=O) groups is 1. The van der Waals surface area contributed by atoms with E-state index in [0.717, 1.165) is 17.5 Å². The molecule has 2 aromatic rings. The van der Waals surface area contributed by atoms with Crippen molar-refractivity contribution >= 4 is 27.4 Å². The number of anilines is 1. The van der Waals surface area contributed by atoms with Crippen molar-refractivity contribution in [1.29, 1.82) is 0 Å². The molecule has 0 fully saturated rings. The van der Waals surface area contributed by atoms with Gasteiger partial charge in [-0.2, -0.15) is 0 Å². The van der Waals surface area contributed by atoms with Crippen molar-refractivity contribution in [2.75, 3.05) is 25.1 Å². The van der Waals surface area contributed by atoms with Crippen LogP contribution in [0.1, 0.15) is 0 Å². The molecule has 0 amide bonds. The van der Waals surface area contributed by atoms with Crippen molar-refractivity contribution in [3.63, 3.8) is 0 Å². The summed E-state index contributed by atoms with van der Waals surface area (Å²) in [4.78, 5) is 22.1. The monoisotopic (exact) mass is 380 g/mol. The number of nitro groups is 1. The third-order valence-corrected chi connectivity index (χ3v) is 5.25. The Morgan fingerprint density at radius 1 is 1.15 bits per heavy atom. The van der Waals surface area contributed by atoms with Crippen LogP contribution in [0.3, 0.4) is 0 Å². The first-order valence-electron chi connectivity index (χ1n) is 7.28. The van der Waals surface area contributed by atoms with Gasteiger partial charge in [0.05, 0.1) is 24.0 Å². The summed E-state index contributed by atoms with van der Waals surface area (Å²) in [5, 5.41) is 11.1. The number of ether oxygens (including phenoxy) is 2.